The molecule has 0 bridgehead atoms. The SMILES string of the molecule is CCOCCCn1cc(C)nc1NCc1cn(C)nc1C. The Balaban J connectivity index is 1.94. The van der Waals surface area contributed by atoms with Gasteiger partial charge in [-0.05, 0) is 27.2 Å². The highest BCUT2D eigenvalue weighted by atomic mass is 16.5. The number of hydrogen-bond acceptors (Lipinski definition) is 4. The molecule has 2 rings (SSSR count). The Labute approximate surface area is 126 Å². The highest BCUT2D eigenvalue weighted by Crippen LogP contribution is 2.12. The topological polar surface area (TPSA) is 56.9 Å². The van der Waals surface area contributed by atoms with Crippen LogP contribution in [0, 0.1) is 13.8 Å². The molecule has 0 aliphatic rings. The van der Waals surface area contributed by atoms with Gasteiger partial charge in [0.2, 0.25) is 5.95 Å². The van der Waals surface area contributed by atoms with Crippen molar-refractivity contribution in [1.29, 1.82) is 0 Å². The van der Waals surface area contributed by atoms with Gasteiger partial charge in [-0.3, -0.25) is 4.68 Å². The molecular formula is C15H25N5O. The second-order valence-electron chi connectivity index (χ2n) is 5.22. The molecule has 2 aromatic rings. The largest absolute Gasteiger partial charge is 0.382 e. The minimum atomic E-state index is 0.738. The Hall–Kier alpha value is -1.82. The zero-order chi connectivity index (χ0) is 15.2. The predicted molar refractivity (Wildman–Crippen MR) is 83.3 cm³/mol. The fourth-order valence-electron chi connectivity index (χ4n) is 2.34. The van der Waals surface area contributed by atoms with E-state index in [1.54, 1.807) is 0 Å². The van der Waals surface area contributed by atoms with E-state index in [2.05, 4.69) is 26.2 Å². The van der Waals surface area contributed by atoms with Gasteiger partial charge >= 0.3 is 0 Å². The van der Waals surface area contributed by atoms with Gasteiger partial charge in [0.05, 0.1) is 11.4 Å². The molecule has 0 aliphatic heterocycles. The first-order valence-corrected chi connectivity index (χ1v) is 7.44. The van der Waals surface area contributed by atoms with Crippen LogP contribution in [0.15, 0.2) is 12.4 Å². The molecule has 0 saturated carbocycles. The molecule has 0 radical (unpaired) electrons. The van der Waals surface area contributed by atoms with Gasteiger partial charge in [-0.25, -0.2) is 4.98 Å². The standard InChI is InChI=1S/C15H25N5O/c1-5-21-8-6-7-20-10-12(2)17-15(20)16-9-14-11-19(4)18-13(14)3/h10-11H,5-9H2,1-4H3,(H,16,17). The summed E-state index contributed by atoms with van der Waals surface area (Å²) in [6.07, 6.45) is 5.10. The number of aryl methyl sites for hydroxylation is 4. The maximum absolute atomic E-state index is 5.38. The van der Waals surface area contributed by atoms with Gasteiger partial charge in [0.1, 0.15) is 0 Å². The molecule has 116 valence electrons. The Bertz CT molecular complexity index is 573. The molecule has 0 aliphatic carbocycles. The predicted octanol–water partition coefficient (Wildman–Crippen LogP) is 2.27. The van der Waals surface area contributed by atoms with Crippen LogP contribution in [-0.4, -0.2) is 32.5 Å². The van der Waals surface area contributed by atoms with Crippen molar-refractivity contribution in [1.82, 2.24) is 19.3 Å². The highest BCUT2D eigenvalue weighted by Gasteiger charge is 2.07. The van der Waals surface area contributed by atoms with E-state index in [1.165, 1.54) is 5.56 Å². The zero-order valence-corrected chi connectivity index (χ0v) is 13.4. The fraction of sp³-hybridized carbons (Fsp3) is 0.600. The van der Waals surface area contributed by atoms with Gasteiger partial charge in [-0.15, -0.1) is 0 Å². The second-order valence-corrected chi connectivity index (χ2v) is 5.22. The van der Waals surface area contributed by atoms with E-state index < -0.39 is 0 Å². The minimum absolute atomic E-state index is 0.738. The van der Waals surface area contributed by atoms with Gasteiger partial charge in [0, 0.05) is 51.3 Å². The third kappa shape index (κ3) is 4.32. The van der Waals surface area contributed by atoms with E-state index in [0.29, 0.717) is 0 Å². The smallest absolute Gasteiger partial charge is 0.203 e. The third-order valence-electron chi connectivity index (χ3n) is 3.34. The Morgan fingerprint density at radius 3 is 2.76 bits per heavy atom. The summed E-state index contributed by atoms with van der Waals surface area (Å²) in [5.74, 6) is 0.909. The average Bonchev–Trinajstić information content (AvgIpc) is 2.94. The van der Waals surface area contributed by atoms with E-state index in [1.807, 2.05) is 38.7 Å². The molecule has 2 heterocycles. The van der Waals surface area contributed by atoms with Crippen molar-refractivity contribution in [2.75, 3.05) is 18.5 Å². The molecule has 21 heavy (non-hydrogen) atoms. The van der Waals surface area contributed by atoms with Gasteiger partial charge in [0.25, 0.3) is 0 Å². The summed E-state index contributed by atoms with van der Waals surface area (Å²) >= 11 is 0. The van der Waals surface area contributed by atoms with Crippen molar-refractivity contribution >= 4 is 5.95 Å². The lowest BCUT2D eigenvalue weighted by molar-refractivity contribution is 0.142. The first-order chi connectivity index (χ1) is 10.1. The number of rotatable bonds is 8. The molecular weight excluding hydrogens is 266 g/mol. The normalized spacial score (nSPS) is 11.0. The Kier molecular flexibility index (Phi) is 5.38. The maximum atomic E-state index is 5.38. The first kappa shape index (κ1) is 15.6. The van der Waals surface area contributed by atoms with Crippen molar-refractivity contribution in [2.24, 2.45) is 7.05 Å². The second kappa shape index (κ2) is 7.26. The van der Waals surface area contributed by atoms with Gasteiger partial charge in [-0.1, -0.05) is 0 Å². The van der Waals surface area contributed by atoms with Crippen molar-refractivity contribution < 1.29 is 4.74 Å². The molecule has 0 amide bonds. The molecule has 0 spiro atoms. The van der Waals surface area contributed by atoms with Crippen LogP contribution in [0.1, 0.15) is 30.3 Å². The summed E-state index contributed by atoms with van der Waals surface area (Å²) in [6, 6.07) is 0. The summed E-state index contributed by atoms with van der Waals surface area (Å²) in [7, 11) is 1.94. The Morgan fingerprint density at radius 1 is 1.29 bits per heavy atom. The highest BCUT2D eigenvalue weighted by molar-refractivity contribution is 5.31. The van der Waals surface area contributed by atoms with Gasteiger partial charge in [0.15, 0.2) is 0 Å². The van der Waals surface area contributed by atoms with Crippen LogP contribution >= 0.6 is 0 Å². The van der Waals surface area contributed by atoms with Crippen LogP contribution in [0.4, 0.5) is 5.95 Å². The van der Waals surface area contributed by atoms with Crippen LogP contribution in [-0.2, 0) is 24.9 Å². The number of aromatic nitrogens is 4. The first-order valence-electron chi connectivity index (χ1n) is 7.44. The van der Waals surface area contributed by atoms with Crippen molar-refractivity contribution in [3.8, 4) is 0 Å². The molecule has 6 nitrogen and oxygen atoms in total. The van der Waals surface area contributed by atoms with Crippen LogP contribution in [0.3, 0.4) is 0 Å². The fourth-order valence-corrected chi connectivity index (χ4v) is 2.34. The summed E-state index contributed by atoms with van der Waals surface area (Å²) in [4.78, 5) is 4.54. The summed E-state index contributed by atoms with van der Waals surface area (Å²) < 4.78 is 9.38. The molecule has 6 heteroatoms. The molecule has 0 unspecified atom stereocenters. The summed E-state index contributed by atoms with van der Waals surface area (Å²) in [5, 5.41) is 7.76. The van der Waals surface area contributed by atoms with Crippen molar-refractivity contribution in [3.05, 3.63) is 29.3 Å². The number of ether oxygens (including phenoxy) is 1. The molecule has 0 atom stereocenters. The lowest BCUT2D eigenvalue weighted by Crippen LogP contribution is -2.09. The number of nitrogens with one attached hydrogen (secondary N) is 1. The summed E-state index contributed by atoms with van der Waals surface area (Å²) in [5.41, 5.74) is 3.27. The monoisotopic (exact) mass is 291 g/mol. The average molecular weight is 291 g/mol. The molecule has 1 N–H and O–H groups in total. The van der Waals surface area contributed by atoms with E-state index in [4.69, 9.17) is 4.74 Å². The maximum Gasteiger partial charge on any atom is 0.203 e. The molecule has 2 aromatic heterocycles. The van der Waals surface area contributed by atoms with Crippen LogP contribution in [0.25, 0.3) is 0 Å². The van der Waals surface area contributed by atoms with Crippen LogP contribution in [0.5, 0.6) is 0 Å². The van der Waals surface area contributed by atoms with Gasteiger partial charge < -0.3 is 14.6 Å². The van der Waals surface area contributed by atoms with Crippen molar-refractivity contribution in [3.63, 3.8) is 0 Å². The van der Waals surface area contributed by atoms with Gasteiger partial charge in [-0.2, -0.15) is 5.10 Å². The number of anilines is 1. The van der Waals surface area contributed by atoms with Crippen LogP contribution in [0.2, 0.25) is 0 Å². The Morgan fingerprint density at radius 2 is 2.10 bits per heavy atom. The number of imidazole rings is 1. The summed E-state index contributed by atoms with van der Waals surface area (Å²) in [6.45, 7) is 9.26. The van der Waals surface area contributed by atoms with E-state index in [9.17, 15) is 0 Å². The van der Waals surface area contributed by atoms with E-state index in [0.717, 1.165) is 50.1 Å². The number of nitrogens with zero attached hydrogens (tertiary/aromatic N) is 4. The van der Waals surface area contributed by atoms with Crippen LogP contribution < -0.4 is 5.32 Å². The van der Waals surface area contributed by atoms with E-state index >= 15 is 0 Å². The lowest BCUT2D eigenvalue weighted by atomic mass is 10.3. The quantitative estimate of drug-likeness (QED) is 0.758. The molecule has 0 fully saturated rings. The van der Waals surface area contributed by atoms with Crippen molar-refractivity contribution in [2.45, 2.75) is 40.3 Å². The lowest BCUT2D eigenvalue weighted by Gasteiger charge is -2.09. The number of hydrogen-bond donors (Lipinski definition) is 1. The third-order valence-corrected chi connectivity index (χ3v) is 3.34. The zero-order valence-electron chi connectivity index (χ0n) is 13.4. The molecule has 0 aromatic carbocycles. The minimum Gasteiger partial charge on any atom is -0.382 e. The molecule has 0 saturated heterocycles. The van der Waals surface area contributed by atoms with E-state index in [-0.39, 0.29) is 0 Å².